The molecule has 0 amide bonds. The summed E-state index contributed by atoms with van der Waals surface area (Å²) in [5, 5.41) is 10.0. The van der Waals surface area contributed by atoms with Gasteiger partial charge >= 0.3 is 0 Å². The zero-order valence-electron chi connectivity index (χ0n) is 20.1. The minimum Gasteiger partial charge on any atom is -0.493 e. The lowest BCUT2D eigenvalue weighted by atomic mass is 10.0. The summed E-state index contributed by atoms with van der Waals surface area (Å²) in [6, 6.07) is 6.23. The molecule has 2 aromatic heterocycles. The third kappa shape index (κ3) is 4.49. The molecule has 0 bridgehead atoms. The highest BCUT2D eigenvalue weighted by molar-refractivity contribution is 7.15. The van der Waals surface area contributed by atoms with Crippen molar-refractivity contribution in [2.45, 2.75) is 58.9 Å². The van der Waals surface area contributed by atoms with Crippen LogP contribution in [-0.2, 0) is 19.4 Å². The molecule has 0 atom stereocenters. The number of aromatic nitrogens is 3. The molecule has 0 aliphatic carbocycles. The van der Waals surface area contributed by atoms with Crippen LogP contribution in [0.3, 0.4) is 0 Å². The number of aliphatic imine (C=N–C) groups is 1. The van der Waals surface area contributed by atoms with Crippen LogP contribution in [0.5, 0.6) is 17.2 Å². The van der Waals surface area contributed by atoms with Crippen LogP contribution in [0.1, 0.15) is 67.2 Å². The third-order valence-corrected chi connectivity index (χ3v) is 7.11. The summed E-state index contributed by atoms with van der Waals surface area (Å²) in [4.78, 5) is 6.36. The quantitative estimate of drug-likeness (QED) is 0.373. The van der Waals surface area contributed by atoms with Crippen molar-refractivity contribution in [2.75, 3.05) is 21.3 Å². The average Bonchev–Trinajstić information content (AvgIpc) is 3.41. The molecule has 33 heavy (non-hydrogen) atoms. The summed E-state index contributed by atoms with van der Waals surface area (Å²) in [7, 11) is 4.88. The van der Waals surface area contributed by atoms with Crippen LogP contribution in [0.4, 0.5) is 0 Å². The molecule has 0 unspecified atom stereocenters. The molecule has 176 valence electrons. The maximum Gasteiger partial charge on any atom is 0.203 e. The van der Waals surface area contributed by atoms with Crippen LogP contribution in [0.25, 0.3) is 5.00 Å². The molecule has 0 fully saturated rings. The molecule has 0 saturated carbocycles. The Kier molecular flexibility index (Phi) is 7.33. The van der Waals surface area contributed by atoms with Gasteiger partial charge in [0.1, 0.15) is 17.4 Å². The molecule has 1 aliphatic heterocycles. The average molecular weight is 469 g/mol. The van der Waals surface area contributed by atoms with Crippen molar-refractivity contribution in [2.24, 2.45) is 4.99 Å². The Bertz CT molecular complexity index is 1120. The number of hydrogen-bond acceptors (Lipinski definition) is 7. The van der Waals surface area contributed by atoms with Crippen molar-refractivity contribution < 1.29 is 14.2 Å². The fraction of sp³-hybridized carbons (Fsp3) is 0.480. The normalized spacial score (nSPS) is 12.6. The van der Waals surface area contributed by atoms with Gasteiger partial charge in [-0.15, -0.1) is 21.5 Å². The van der Waals surface area contributed by atoms with Gasteiger partial charge in [-0.25, -0.2) is 0 Å². The van der Waals surface area contributed by atoms with Gasteiger partial charge in [0, 0.05) is 22.4 Å². The molecular formula is C25H32N4O3S. The summed E-state index contributed by atoms with van der Waals surface area (Å²) in [6.07, 6.45) is 6.85. The van der Waals surface area contributed by atoms with E-state index in [2.05, 4.69) is 34.7 Å². The first-order valence-electron chi connectivity index (χ1n) is 11.6. The van der Waals surface area contributed by atoms with E-state index in [9.17, 15) is 0 Å². The topological polar surface area (TPSA) is 70.8 Å². The van der Waals surface area contributed by atoms with E-state index in [1.807, 2.05) is 23.5 Å². The van der Waals surface area contributed by atoms with E-state index in [1.165, 1.54) is 30.6 Å². The summed E-state index contributed by atoms with van der Waals surface area (Å²) >= 11 is 1.82. The monoisotopic (exact) mass is 468 g/mol. The summed E-state index contributed by atoms with van der Waals surface area (Å²) in [6.45, 7) is 4.82. The van der Waals surface area contributed by atoms with Crippen LogP contribution >= 0.6 is 11.3 Å². The van der Waals surface area contributed by atoms with Gasteiger partial charge in [-0.1, -0.05) is 33.1 Å². The number of rotatable bonds is 10. The molecule has 0 saturated heterocycles. The number of methoxy groups -OCH3 is 3. The lowest BCUT2D eigenvalue weighted by Crippen LogP contribution is -2.07. The van der Waals surface area contributed by atoms with Crippen LogP contribution in [0.2, 0.25) is 0 Å². The van der Waals surface area contributed by atoms with Crippen molar-refractivity contribution in [1.29, 1.82) is 0 Å². The van der Waals surface area contributed by atoms with Gasteiger partial charge in [0.25, 0.3) is 0 Å². The third-order valence-electron chi connectivity index (χ3n) is 5.93. The van der Waals surface area contributed by atoms with E-state index in [1.54, 1.807) is 21.3 Å². The van der Waals surface area contributed by atoms with Crippen molar-refractivity contribution in [1.82, 2.24) is 14.8 Å². The maximum atomic E-state index is 5.61. The number of unbranched alkanes of at least 4 members (excludes halogenated alkanes) is 3. The highest BCUT2D eigenvalue weighted by atomic mass is 32.1. The zero-order valence-corrected chi connectivity index (χ0v) is 20.9. The fourth-order valence-electron chi connectivity index (χ4n) is 4.24. The Morgan fingerprint density at radius 3 is 2.33 bits per heavy atom. The first-order valence-corrected chi connectivity index (χ1v) is 12.4. The lowest BCUT2D eigenvalue weighted by Gasteiger charge is -2.15. The van der Waals surface area contributed by atoms with E-state index in [-0.39, 0.29) is 0 Å². The van der Waals surface area contributed by atoms with E-state index < -0.39 is 0 Å². The second kappa shape index (κ2) is 10.4. The van der Waals surface area contributed by atoms with Gasteiger partial charge < -0.3 is 14.2 Å². The van der Waals surface area contributed by atoms with Crippen molar-refractivity contribution in [3.05, 3.63) is 45.9 Å². The Hall–Kier alpha value is -2.87. The van der Waals surface area contributed by atoms with Crippen molar-refractivity contribution >= 4 is 17.0 Å². The van der Waals surface area contributed by atoms with Crippen LogP contribution < -0.4 is 14.2 Å². The largest absolute Gasteiger partial charge is 0.493 e. The van der Waals surface area contributed by atoms with E-state index in [0.717, 1.165) is 46.3 Å². The molecule has 3 heterocycles. The second-order valence-electron chi connectivity index (χ2n) is 8.04. The molecule has 0 radical (unpaired) electrons. The van der Waals surface area contributed by atoms with E-state index >= 15 is 0 Å². The van der Waals surface area contributed by atoms with E-state index in [4.69, 9.17) is 19.2 Å². The van der Waals surface area contributed by atoms with Crippen molar-refractivity contribution in [3.8, 4) is 22.2 Å². The van der Waals surface area contributed by atoms with Gasteiger partial charge in [-0.2, -0.15) is 0 Å². The second-order valence-corrected chi connectivity index (χ2v) is 9.16. The van der Waals surface area contributed by atoms with Gasteiger partial charge in [-0.3, -0.25) is 9.56 Å². The smallest absolute Gasteiger partial charge is 0.203 e. The molecule has 4 rings (SSSR count). The van der Waals surface area contributed by atoms with Crippen LogP contribution in [0.15, 0.2) is 23.2 Å². The molecule has 7 nitrogen and oxygen atoms in total. The predicted octanol–water partition coefficient (Wildman–Crippen LogP) is 5.39. The SMILES string of the molecule is CCCCCCc1cc2c(s1)-n1c(CC)nnc1CN=C2c1cc(OC)c(OC)c(OC)c1. The van der Waals surface area contributed by atoms with Crippen molar-refractivity contribution in [3.63, 3.8) is 0 Å². The summed E-state index contributed by atoms with van der Waals surface area (Å²) in [5.74, 6) is 3.64. The molecule has 1 aliphatic rings. The molecule has 1 aromatic carbocycles. The molecule has 0 spiro atoms. The molecule has 0 N–H and O–H groups in total. The standard InChI is InChI=1S/C25H32N4O3S/c1-6-8-9-10-11-17-14-18-23(16-12-19(30-3)24(32-5)20(13-16)31-4)26-15-22-28-27-21(7-2)29(22)25(18)33-17/h12-14H,6-11,15H2,1-5H3. The Balaban J connectivity index is 1.83. The van der Waals surface area contributed by atoms with Gasteiger partial charge in [0.05, 0.1) is 27.0 Å². The summed E-state index contributed by atoms with van der Waals surface area (Å²) < 4.78 is 18.9. The highest BCUT2D eigenvalue weighted by Crippen LogP contribution is 2.41. The number of benzene rings is 1. The molecule has 3 aromatic rings. The molecule has 8 heteroatoms. The highest BCUT2D eigenvalue weighted by Gasteiger charge is 2.26. The van der Waals surface area contributed by atoms with Gasteiger partial charge in [0.15, 0.2) is 17.3 Å². The number of hydrogen-bond donors (Lipinski definition) is 0. The molecular weight excluding hydrogens is 436 g/mol. The van der Waals surface area contributed by atoms with Gasteiger partial charge in [0.2, 0.25) is 5.75 Å². The fourth-order valence-corrected chi connectivity index (χ4v) is 5.47. The predicted molar refractivity (Wildman–Crippen MR) is 132 cm³/mol. The lowest BCUT2D eigenvalue weighted by molar-refractivity contribution is 0.324. The minimum absolute atomic E-state index is 0.465. The number of nitrogens with zero attached hydrogens (tertiary/aromatic N) is 4. The number of ether oxygens (including phenoxy) is 3. The number of thiophene rings is 1. The Morgan fingerprint density at radius 2 is 1.70 bits per heavy atom. The van der Waals surface area contributed by atoms with E-state index in [0.29, 0.717) is 23.8 Å². The zero-order chi connectivity index (χ0) is 23.4. The van der Waals surface area contributed by atoms with Crippen LogP contribution in [0, 0.1) is 0 Å². The number of aryl methyl sites for hydroxylation is 2. The first-order chi connectivity index (χ1) is 16.1. The minimum atomic E-state index is 0.465. The maximum absolute atomic E-state index is 5.61. The van der Waals surface area contributed by atoms with Gasteiger partial charge in [-0.05, 0) is 31.0 Å². The Morgan fingerprint density at radius 1 is 0.939 bits per heavy atom. The number of fused-ring (bicyclic) bond motifs is 3. The van der Waals surface area contributed by atoms with Crippen LogP contribution in [-0.4, -0.2) is 41.8 Å². The Labute approximate surface area is 199 Å². The summed E-state index contributed by atoms with van der Waals surface area (Å²) in [5.41, 5.74) is 2.94. The first kappa shape index (κ1) is 23.3.